The molecule has 5 heteroatoms. The molecule has 0 bridgehead atoms. The highest BCUT2D eigenvalue weighted by Crippen LogP contribution is 2.28. The minimum atomic E-state index is 0.801. The fraction of sp³-hybridized carbons (Fsp3) is 0.250. The molecule has 0 radical (unpaired) electrons. The molecule has 3 aromatic rings. The predicted octanol–water partition coefficient (Wildman–Crippen LogP) is 3.49. The molecule has 0 aliphatic carbocycles. The summed E-state index contributed by atoms with van der Waals surface area (Å²) in [6.07, 6.45) is 3.60. The Kier molecular flexibility index (Phi) is 4.01. The van der Waals surface area contributed by atoms with E-state index in [-0.39, 0.29) is 0 Å². The van der Waals surface area contributed by atoms with Crippen molar-refractivity contribution in [2.75, 3.05) is 17.6 Å². The number of nitrogens with two attached hydrogens (primary N) is 1. The number of benzene rings is 1. The largest absolute Gasteiger partial charge is 0.399 e. The molecule has 4 nitrogen and oxygen atoms in total. The van der Waals surface area contributed by atoms with E-state index in [0.29, 0.717) is 0 Å². The standard InChI is InChI=1S/C16H18N4S/c1-2-13-9-14-15(19-10-20-16(14)21-13)18-8-7-11-3-5-12(17)6-4-11/h3-6,9-10H,2,7-8,17H2,1H3,(H,18,19,20). The maximum Gasteiger partial charge on any atom is 0.138 e. The van der Waals surface area contributed by atoms with Gasteiger partial charge in [0.05, 0.1) is 5.39 Å². The average molecular weight is 298 g/mol. The normalized spacial score (nSPS) is 10.9. The molecular weight excluding hydrogens is 280 g/mol. The number of anilines is 2. The molecule has 108 valence electrons. The van der Waals surface area contributed by atoms with Gasteiger partial charge in [-0.15, -0.1) is 11.3 Å². The first-order valence-corrected chi connectivity index (χ1v) is 7.89. The van der Waals surface area contributed by atoms with Crippen LogP contribution < -0.4 is 11.1 Å². The molecule has 2 heterocycles. The summed E-state index contributed by atoms with van der Waals surface area (Å²) in [7, 11) is 0. The summed E-state index contributed by atoms with van der Waals surface area (Å²) in [6, 6.07) is 10.2. The molecule has 1 aromatic carbocycles. The van der Waals surface area contributed by atoms with Crippen LogP contribution in [0.5, 0.6) is 0 Å². The number of hydrogen-bond acceptors (Lipinski definition) is 5. The van der Waals surface area contributed by atoms with E-state index in [2.05, 4.69) is 40.4 Å². The van der Waals surface area contributed by atoms with E-state index in [9.17, 15) is 0 Å². The molecule has 0 aliphatic rings. The van der Waals surface area contributed by atoms with Gasteiger partial charge in [0.15, 0.2) is 0 Å². The van der Waals surface area contributed by atoms with Crippen LogP contribution in [0, 0.1) is 0 Å². The zero-order valence-electron chi connectivity index (χ0n) is 12.0. The van der Waals surface area contributed by atoms with Gasteiger partial charge in [0.2, 0.25) is 0 Å². The summed E-state index contributed by atoms with van der Waals surface area (Å²) in [6.45, 7) is 3.00. The van der Waals surface area contributed by atoms with E-state index in [1.54, 1.807) is 17.7 Å². The zero-order valence-corrected chi connectivity index (χ0v) is 12.8. The first kappa shape index (κ1) is 13.8. The lowest BCUT2D eigenvalue weighted by Crippen LogP contribution is -2.06. The summed E-state index contributed by atoms with van der Waals surface area (Å²) in [5.41, 5.74) is 7.76. The van der Waals surface area contributed by atoms with E-state index in [0.717, 1.165) is 41.1 Å². The number of nitrogen functional groups attached to an aromatic ring is 1. The summed E-state index contributed by atoms with van der Waals surface area (Å²) < 4.78 is 0. The Labute approximate surface area is 128 Å². The Morgan fingerprint density at radius 3 is 2.76 bits per heavy atom. The average Bonchev–Trinajstić information content (AvgIpc) is 2.93. The summed E-state index contributed by atoms with van der Waals surface area (Å²) in [4.78, 5) is 11.1. The van der Waals surface area contributed by atoms with Crippen molar-refractivity contribution in [3.05, 3.63) is 47.1 Å². The van der Waals surface area contributed by atoms with Crippen molar-refractivity contribution < 1.29 is 0 Å². The highest BCUT2D eigenvalue weighted by molar-refractivity contribution is 7.18. The zero-order chi connectivity index (χ0) is 14.7. The van der Waals surface area contributed by atoms with E-state index in [4.69, 9.17) is 5.73 Å². The van der Waals surface area contributed by atoms with Gasteiger partial charge in [-0.3, -0.25) is 0 Å². The number of aryl methyl sites for hydroxylation is 1. The SMILES string of the molecule is CCc1cc2c(NCCc3ccc(N)cc3)ncnc2s1. The highest BCUT2D eigenvalue weighted by atomic mass is 32.1. The number of aromatic nitrogens is 2. The topological polar surface area (TPSA) is 63.8 Å². The summed E-state index contributed by atoms with van der Waals surface area (Å²) in [5, 5.41) is 4.53. The highest BCUT2D eigenvalue weighted by Gasteiger charge is 2.07. The number of rotatable bonds is 5. The molecule has 3 N–H and O–H groups in total. The Morgan fingerprint density at radius 2 is 2.00 bits per heavy atom. The molecule has 3 rings (SSSR count). The molecule has 0 amide bonds. The van der Waals surface area contributed by atoms with Gasteiger partial charge in [-0.05, 0) is 36.6 Å². The predicted molar refractivity (Wildman–Crippen MR) is 89.8 cm³/mol. The molecule has 0 atom stereocenters. The first-order valence-electron chi connectivity index (χ1n) is 7.08. The molecule has 0 fully saturated rings. The van der Waals surface area contributed by atoms with Crippen LogP contribution >= 0.6 is 11.3 Å². The fourth-order valence-corrected chi connectivity index (χ4v) is 3.16. The van der Waals surface area contributed by atoms with Crippen molar-refractivity contribution in [1.29, 1.82) is 0 Å². The van der Waals surface area contributed by atoms with Crippen molar-refractivity contribution in [1.82, 2.24) is 9.97 Å². The van der Waals surface area contributed by atoms with Crippen molar-refractivity contribution in [2.45, 2.75) is 19.8 Å². The Hall–Kier alpha value is -2.14. The number of nitrogens with one attached hydrogen (secondary N) is 1. The van der Waals surface area contributed by atoms with Crippen LogP contribution in [0.1, 0.15) is 17.4 Å². The van der Waals surface area contributed by atoms with Gasteiger partial charge in [-0.1, -0.05) is 19.1 Å². The first-order chi connectivity index (χ1) is 10.3. The Bertz CT molecular complexity index is 734. The lowest BCUT2D eigenvalue weighted by molar-refractivity contribution is 1.01. The van der Waals surface area contributed by atoms with Crippen molar-refractivity contribution in [3.8, 4) is 0 Å². The molecule has 0 spiro atoms. The van der Waals surface area contributed by atoms with Gasteiger partial charge in [-0.2, -0.15) is 0 Å². The van der Waals surface area contributed by atoms with Crippen LogP contribution in [-0.2, 0) is 12.8 Å². The van der Waals surface area contributed by atoms with Crippen molar-refractivity contribution >= 4 is 33.1 Å². The second-order valence-corrected chi connectivity index (χ2v) is 6.04. The molecule has 0 aliphatic heterocycles. The molecule has 2 aromatic heterocycles. The summed E-state index contributed by atoms with van der Waals surface area (Å²) in [5.74, 6) is 0.923. The van der Waals surface area contributed by atoms with Crippen molar-refractivity contribution in [2.24, 2.45) is 0 Å². The quantitative estimate of drug-likeness (QED) is 0.708. The van der Waals surface area contributed by atoms with Crippen LogP contribution in [0.25, 0.3) is 10.2 Å². The maximum absolute atomic E-state index is 5.69. The lowest BCUT2D eigenvalue weighted by atomic mass is 10.1. The minimum absolute atomic E-state index is 0.801. The van der Waals surface area contributed by atoms with E-state index in [1.165, 1.54) is 10.4 Å². The fourth-order valence-electron chi connectivity index (χ4n) is 2.23. The van der Waals surface area contributed by atoms with E-state index >= 15 is 0 Å². The van der Waals surface area contributed by atoms with E-state index in [1.807, 2.05) is 12.1 Å². The third-order valence-corrected chi connectivity index (χ3v) is 4.60. The van der Waals surface area contributed by atoms with Gasteiger partial charge in [0.1, 0.15) is 17.0 Å². The van der Waals surface area contributed by atoms with Crippen LogP contribution in [0.2, 0.25) is 0 Å². The van der Waals surface area contributed by atoms with Crippen LogP contribution in [0.15, 0.2) is 36.7 Å². The molecule has 0 saturated heterocycles. The maximum atomic E-state index is 5.69. The van der Waals surface area contributed by atoms with Gasteiger partial charge in [0.25, 0.3) is 0 Å². The minimum Gasteiger partial charge on any atom is -0.399 e. The second kappa shape index (κ2) is 6.10. The van der Waals surface area contributed by atoms with Gasteiger partial charge in [0, 0.05) is 17.1 Å². The number of hydrogen-bond donors (Lipinski definition) is 2. The molecule has 21 heavy (non-hydrogen) atoms. The van der Waals surface area contributed by atoms with Crippen LogP contribution in [0.4, 0.5) is 11.5 Å². The van der Waals surface area contributed by atoms with Crippen LogP contribution in [-0.4, -0.2) is 16.5 Å². The third-order valence-electron chi connectivity index (χ3n) is 3.41. The second-order valence-electron chi connectivity index (χ2n) is 4.93. The lowest BCUT2D eigenvalue weighted by Gasteiger charge is -2.06. The number of thiophene rings is 1. The monoisotopic (exact) mass is 298 g/mol. The Balaban J connectivity index is 1.70. The Morgan fingerprint density at radius 1 is 1.19 bits per heavy atom. The third kappa shape index (κ3) is 3.13. The summed E-state index contributed by atoms with van der Waals surface area (Å²) >= 11 is 1.74. The van der Waals surface area contributed by atoms with Gasteiger partial charge in [-0.25, -0.2) is 9.97 Å². The van der Waals surface area contributed by atoms with Crippen molar-refractivity contribution in [3.63, 3.8) is 0 Å². The molecular formula is C16H18N4S. The van der Waals surface area contributed by atoms with E-state index < -0.39 is 0 Å². The number of nitrogens with zero attached hydrogens (tertiary/aromatic N) is 2. The molecule has 0 unspecified atom stereocenters. The van der Waals surface area contributed by atoms with Crippen LogP contribution in [0.3, 0.4) is 0 Å². The van der Waals surface area contributed by atoms with Gasteiger partial charge >= 0.3 is 0 Å². The van der Waals surface area contributed by atoms with Gasteiger partial charge < -0.3 is 11.1 Å². The number of fused-ring (bicyclic) bond motifs is 1. The molecule has 0 saturated carbocycles. The smallest absolute Gasteiger partial charge is 0.138 e.